The first-order valence-electron chi connectivity index (χ1n) is 9.66. The lowest BCUT2D eigenvalue weighted by molar-refractivity contribution is 0.0520. The lowest BCUT2D eigenvalue weighted by atomic mass is 10.2. The fraction of sp³-hybridized carbons (Fsp3) is 0.167. The van der Waals surface area contributed by atoms with Crippen molar-refractivity contribution in [3.63, 3.8) is 0 Å². The topological polar surface area (TPSA) is 71.1 Å². The first-order valence-corrected chi connectivity index (χ1v) is 10.5. The van der Waals surface area contributed by atoms with Crippen LogP contribution in [0.5, 0.6) is 17.2 Å². The molecule has 6 nitrogen and oxygen atoms in total. The number of hydrogen-bond acceptors (Lipinski definition) is 6. The monoisotopic (exact) mass is 484 g/mol. The second-order valence-corrected chi connectivity index (χ2v) is 7.20. The second kappa shape index (κ2) is 11.2. The van der Waals surface area contributed by atoms with Crippen LogP contribution in [0.3, 0.4) is 0 Å². The van der Waals surface area contributed by atoms with E-state index in [1.54, 1.807) is 49.4 Å². The van der Waals surface area contributed by atoms with Crippen molar-refractivity contribution in [2.75, 3.05) is 19.8 Å². The van der Waals surface area contributed by atoms with Gasteiger partial charge >= 0.3 is 11.9 Å². The molecular formula is C24H21BrO6. The summed E-state index contributed by atoms with van der Waals surface area (Å²) in [5.41, 5.74) is 0.494. The molecule has 0 fully saturated rings. The summed E-state index contributed by atoms with van der Waals surface area (Å²) in [4.78, 5) is 24.6. The predicted molar refractivity (Wildman–Crippen MR) is 119 cm³/mol. The zero-order valence-corrected chi connectivity index (χ0v) is 18.5. The number of esters is 2. The minimum atomic E-state index is -0.591. The van der Waals surface area contributed by atoms with Crippen LogP contribution in [-0.4, -0.2) is 31.8 Å². The number of carbonyl (C=O) groups excluding carboxylic acids is 2. The molecule has 0 aromatic heterocycles. The van der Waals surface area contributed by atoms with Gasteiger partial charge in [-0.15, -0.1) is 0 Å². The van der Waals surface area contributed by atoms with E-state index >= 15 is 0 Å². The highest BCUT2D eigenvalue weighted by atomic mass is 79.9. The van der Waals surface area contributed by atoms with Crippen LogP contribution in [0.1, 0.15) is 27.6 Å². The van der Waals surface area contributed by atoms with E-state index in [0.717, 1.165) is 5.75 Å². The van der Waals surface area contributed by atoms with Crippen LogP contribution in [0, 0.1) is 0 Å². The van der Waals surface area contributed by atoms with Gasteiger partial charge < -0.3 is 18.9 Å². The Balaban J connectivity index is 1.56. The van der Waals surface area contributed by atoms with E-state index in [-0.39, 0.29) is 17.9 Å². The lowest BCUT2D eigenvalue weighted by Gasteiger charge is -2.11. The summed E-state index contributed by atoms with van der Waals surface area (Å²) in [5.74, 6) is 0.355. The van der Waals surface area contributed by atoms with Crippen molar-refractivity contribution in [1.82, 2.24) is 0 Å². The molecule has 0 spiro atoms. The molecule has 3 aromatic rings. The molecule has 160 valence electrons. The van der Waals surface area contributed by atoms with E-state index in [2.05, 4.69) is 15.9 Å². The van der Waals surface area contributed by atoms with Crippen molar-refractivity contribution in [2.45, 2.75) is 6.92 Å². The molecule has 3 aromatic carbocycles. The van der Waals surface area contributed by atoms with E-state index in [1.807, 2.05) is 30.3 Å². The quantitative estimate of drug-likeness (QED) is 0.233. The minimum absolute atomic E-state index is 0.130. The molecule has 0 radical (unpaired) electrons. The van der Waals surface area contributed by atoms with Crippen LogP contribution in [0.2, 0.25) is 0 Å². The van der Waals surface area contributed by atoms with Gasteiger partial charge in [-0.1, -0.05) is 34.1 Å². The van der Waals surface area contributed by atoms with Gasteiger partial charge in [0.2, 0.25) is 0 Å². The zero-order valence-electron chi connectivity index (χ0n) is 16.9. The fourth-order valence-electron chi connectivity index (χ4n) is 2.64. The summed E-state index contributed by atoms with van der Waals surface area (Å²) < 4.78 is 22.3. The predicted octanol–water partition coefficient (Wildman–Crippen LogP) is 5.30. The number of para-hydroxylation sites is 1. The number of rotatable bonds is 9. The lowest BCUT2D eigenvalue weighted by Crippen LogP contribution is -2.13. The molecule has 0 atom stereocenters. The molecule has 0 unspecified atom stereocenters. The Morgan fingerprint density at radius 3 is 2.10 bits per heavy atom. The first kappa shape index (κ1) is 22.4. The van der Waals surface area contributed by atoms with Crippen molar-refractivity contribution >= 4 is 27.9 Å². The Labute approximate surface area is 188 Å². The Morgan fingerprint density at radius 2 is 1.45 bits per heavy atom. The van der Waals surface area contributed by atoms with E-state index in [0.29, 0.717) is 29.0 Å². The van der Waals surface area contributed by atoms with Gasteiger partial charge in [-0.3, -0.25) is 0 Å². The van der Waals surface area contributed by atoms with Gasteiger partial charge in [-0.2, -0.15) is 0 Å². The summed E-state index contributed by atoms with van der Waals surface area (Å²) >= 11 is 3.30. The van der Waals surface area contributed by atoms with Gasteiger partial charge in [0.1, 0.15) is 36.0 Å². The average molecular weight is 485 g/mol. The SMILES string of the molecule is CCOC(=O)c1cc(Br)ccc1OC(=O)c1ccc(OCCOc2ccccc2)cc1. The zero-order chi connectivity index (χ0) is 22.1. The molecule has 3 rings (SSSR count). The minimum Gasteiger partial charge on any atom is -0.490 e. The highest BCUT2D eigenvalue weighted by molar-refractivity contribution is 9.10. The number of hydrogen-bond donors (Lipinski definition) is 0. The highest BCUT2D eigenvalue weighted by Crippen LogP contribution is 2.25. The van der Waals surface area contributed by atoms with Gasteiger partial charge in [0.25, 0.3) is 0 Å². The van der Waals surface area contributed by atoms with Gasteiger partial charge in [0.05, 0.1) is 12.2 Å². The molecule has 0 N–H and O–H groups in total. The molecule has 0 aliphatic heterocycles. The Bertz CT molecular complexity index is 1020. The smallest absolute Gasteiger partial charge is 0.343 e. The fourth-order valence-corrected chi connectivity index (χ4v) is 3.00. The van der Waals surface area contributed by atoms with Crippen LogP contribution in [0.25, 0.3) is 0 Å². The maximum atomic E-state index is 12.5. The van der Waals surface area contributed by atoms with Gasteiger partial charge in [0.15, 0.2) is 0 Å². The number of carbonyl (C=O) groups is 2. The van der Waals surface area contributed by atoms with Crippen LogP contribution in [-0.2, 0) is 4.74 Å². The third kappa shape index (κ3) is 6.58. The summed E-state index contributed by atoms with van der Waals surface area (Å²) in [6.45, 7) is 2.68. The standard InChI is InChI=1S/C24H21BrO6/c1-2-28-24(27)21-16-18(25)10-13-22(21)31-23(26)17-8-11-20(12-9-17)30-15-14-29-19-6-4-3-5-7-19/h3-13,16H,2,14-15H2,1H3. The second-order valence-electron chi connectivity index (χ2n) is 6.28. The summed E-state index contributed by atoms with van der Waals surface area (Å²) in [5, 5.41) is 0. The van der Waals surface area contributed by atoms with E-state index in [1.165, 1.54) is 0 Å². The van der Waals surface area contributed by atoms with E-state index < -0.39 is 11.9 Å². The van der Waals surface area contributed by atoms with E-state index in [9.17, 15) is 9.59 Å². The van der Waals surface area contributed by atoms with Crippen molar-refractivity contribution in [1.29, 1.82) is 0 Å². The molecule has 31 heavy (non-hydrogen) atoms. The Morgan fingerprint density at radius 1 is 0.806 bits per heavy atom. The van der Waals surface area contributed by atoms with Crippen LogP contribution in [0.4, 0.5) is 0 Å². The van der Waals surface area contributed by atoms with Crippen LogP contribution in [0.15, 0.2) is 77.3 Å². The van der Waals surface area contributed by atoms with Crippen molar-refractivity contribution in [2.24, 2.45) is 0 Å². The number of halogens is 1. The summed E-state index contributed by atoms with van der Waals surface area (Å²) in [6.07, 6.45) is 0. The van der Waals surface area contributed by atoms with Crippen molar-refractivity contribution in [3.8, 4) is 17.2 Å². The van der Waals surface area contributed by atoms with Gasteiger partial charge in [0, 0.05) is 4.47 Å². The summed E-state index contributed by atoms with van der Waals surface area (Å²) in [6, 6.07) is 20.8. The third-order valence-corrected chi connectivity index (χ3v) is 4.59. The third-order valence-electron chi connectivity index (χ3n) is 4.09. The van der Waals surface area contributed by atoms with Gasteiger partial charge in [-0.05, 0) is 61.5 Å². The van der Waals surface area contributed by atoms with Crippen molar-refractivity contribution in [3.05, 3.63) is 88.4 Å². The van der Waals surface area contributed by atoms with Crippen molar-refractivity contribution < 1.29 is 28.5 Å². The maximum Gasteiger partial charge on any atom is 0.343 e. The molecular weight excluding hydrogens is 464 g/mol. The van der Waals surface area contributed by atoms with Crippen LogP contribution < -0.4 is 14.2 Å². The molecule has 0 bridgehead atoms. The Kier molecular flexibility index (Phi) is 8.06. The summed E-state index contributed by atoms with van der Waals surface area (Å²) in [7, 11) is 0. The maximum absolute atomic E-state index is 12.5. The van der Waals surface area contributed by atoms with Gasteiger partial charge in [-0.25, -0.2) is 9.59 Å². The largest absolute Gasteiger partial charge is 0.490 e. The molecule has 0 heterocycles. The Hall–Kier alpha value is -3.32. The molecule has 0 saturated heterocycles. The number of benzene rings is 3. The average Bonchev–Trinajstić information content (AvgIpc) is 2.79. The normalized spacial score (nSPS) is 10.3. The number of ether oxygens (including phenoxy) is 4. The molecule has 0 aliphatic carbocycles. The first-order chi connectivity index (χ1) is 15.1. The highest BCUT2D eigenvalue weighted by Gasteiger charge is 2.18. The molecule has 0 aliphatic rings. The molecule has 0 saturated carbocycles. The molecule has 0 amide bonds. The molecule has 7 heteroatoms. The van der Waals surface area contributed by atoms with Crippen LogP contribution >= 0.6 is 15.9 Å². The van der Waals surface area contributed by atoms with E-state index in [4.69, 9.17) is 18.9 Å².